The summed E-state index contributed by atoms with van der Waals surface area (Å²) in [6, 6.07) is 3.18. The first-order valence-corrected chi connectivity index (χ1v) is 8.64. The number of likely N-dealkylation sites (tertiary alicyclic amines) is 1. The average molecular weight is 342 g/mol. The van der Waals surface area contributed by atoms with Crippen LogP contribution in [-0.2, 0) is 4.74 Å². The zero-order valence-electron chi connectivity index (χ0n) is 13.3. The number of ether oxygens (including phenoxy) is 1. The van der Waals surface area contributed by atoms with Crippen molar-refractivity contribution in [2.75, 3.05) is 59.0 Å². The number of morpholine rings is 1. The van der Waals surface area contributed by atoms with Crippen molar-refractivity contribution in [1.29, 1.82) is 0 Å². The van der Waals surface area contributed by atoms with Crippen molar-refractivity contribution in [3.05, 3.63) is 23.1 Å². The van der Waals surface area contributed by atoms with Crippen LogP contribution in [0.2, 0.25) is 5.22 Å². The fourth-order valence-electron chi connectivity index (χ4n) is 3.15. The van der Waals surface area contributed by atoms with E-state index in [1.807, 2.05) is 0 Å². The molecule has 0 bridgehead atoms. The Morgan fingerprint density at radius 3 is 2.74 bits per heavy atom. The third kappa shape index (κ3) is 4.94. The number of halogens is 1. The fourth-order valence-corrected chi connectivity index (χ4v) is 3.30. The summed E-state index contributed by atoms with van der Waals surface area (Å²) in [6.45, 7) is 8.83. The smallest absolute Gasteiger partial charge is 0.287 e. The molecule has 0 radical (unpaired) electrons. The van der Waals surface area contributed by atoms with E-state index in [0.717, 1.165) is 58.9 Å². The van der Waals surface area contributed by atoms with E-state index in [1.165, 1.54) is 0 Å². The van der Waals surface area contributed by atoms with Crippen molar-refractivity contribution in [3.63, 3.8) is 0 Å². The van der Waals surface area contributed by atoms with E-state index in [-0.39, 0.29) is 16.9 Å². The summed E-state index contributed by atoms with van der Waals surface area (Å²) in [5.74, 6) is 0.593. The Morgan fingerprint density at radius 1 is 1.22 bits per heavy atom. The zero-order chi connectivity index (χ0) is 16.1. The van der Waals surface area contributed by atoms with Gasteiger partial charge in [0, 0.05) is 39.3 Å². The molecule has 1 amide bonds. The van der Waals surface area contributed by atoms with Crippen molar-refractivity contribution in [1.82, 2.24) is 15.1 Å². The Balaban J connectivity index is 1.34. The maximum Gasteiger partial charge on any atom is 0.287 e. The molecule has 3 heterocycles. The Labute approximate surface area is 141 Å². The van der Waals surface area contributed by atoms with Crippen LogP contribution >= 0.6 is 11.6 Å². The van der Waals surface area contributed by atoms with E-state index in [1.54, 1.807) is 12.1 Å². The van der Waals surface area contributed by atoms with Crippen LogP contribution in [0.1, 0.15) is 17.0 Å². The lowest BCUT2D eigenvalue weighted by Gasteiger charge is -2.28. The molecule has 3 rings (SSSR count). The van der Waals surface area contributed by atoms with Crippen LogP contribution in [0.15, 0.2) is 16.5 Å². The van der Waals surface area contributed by atoms with Gasteiger partial charge in [-0.1, -0.05) is 0 Å². The normalized spacial score (nSPS) is 23.3. The number of carbonyl (C=O) groups excluding carboxylic acids is 1. The van der Waals surface area contributed by atoms with Crippen molar-refractivity contribution >= 4 is 17.5 Å². The third-order valence-electron chi connectivity index (χ3n) is 4.55. The first-order chi connectivity index (χ1) is 11.2. The van der Waals surface area contributed by atoms with E-state index in [0.29, 0.717) is 12.5 Å². The molecule has 6 nitrogen and oxygen atoms in total. The van der Waals surface area contributed by atoms with E-state index in [9.17, 15) is 4.79 Å². The molecule has 2 fully saturated rings. The Morgan fingerprint density at radius 2 is 2.00 bits per heavy atom. The largest absolute Gasteiger partial charge is 0.440 e. The van der Waals surface area contributed by atoms with Gasteiger partial charge in [0.15, 0.2) is 11.0 Å². The molecule has 128 valence electrons. The number of nitrogens with one attached hydrogen (secondary N) is 1. The van der Waals surface area contributed by atoms with Gasteiger partial charge < -0.3 is 19.4 Å². The summed E-state index contributed by atoms with van der Waals surface area (Å²) >= 11 is 5.68. The lowest BCUT2D eigenvalue weighted by Crippen LogP contribution is -2.41. The standard InChI is InChI=1S/C16H24ClN3O3/c17-15-2-1-14(23-15)16(21)18-11-13-3-4-20(12-13)6-5-19-7-9-22-10-8-19/h1-2,13H,3-12H2,(H,18,21)/t13-/m0/s1. The predicted octanol–water partition coefficient (Wildman–Crippen LogP) is 1.32. The molecular weight excluding hydrogens is 318 g/mol. The SMILES string of the molecule is O=C(NC[C@@H]1CCN(CCN2CCOCC2)C1)c1ccc(Cl)o1. The molecule has 7 heteroatoms. The predicted molar refractivity (Wildman–Crippen MR) is 87.9 cm³/mol. The molecule has 0 aliphatic carbocycles. The monoisotopic (exact) mass is 341 g/mol. The Hall–Kier alpha value is -1.08. The highest BCUT2D eigenvalue weighted by molar-refractivity contribution is 6.29. The average Bonchev–Trinajstić information content (AvgIpc) is 3.21. The molecule has 0 saturated carbocycles. The summed E-state index contributed by atoms with van der Waals surface area (Å²) in [5, 5.41) is 3.18. The molecule has 0 aromatic carbocycles. The maximum atomic E-state index is 11.9. The van der Waals surface area contributed by atoms with Crippen molar-refractivity contribution in [2.45, 2.75) is 6.42 Å². The van der Waals surface area contributed by atoms with Gasteiger partial charge in [-0.2, -0.15) is 0 Å². The third-order valence-corrected chi connectivity index (χ3v) is 4.76. The van der Waals surface area contributed by atoms with Crippen molar-refractivity contribution < 1.29 is 13.9 Å². The molecule has 0 unspecified atom stereocenters. The summed E-state index contributed by atoms with van der Waals surface area (Å²) in [4.78, 5) is 16.9. The number of hydrogen-bond donors (Lipinski definition) is 1. The number of rotatable bonds is 6. The van der Waals surface area contributed by atoms with Gasteiger partial charge in [-0.25, -0.2) is 0 Å². The maximum absolute atomic E-state index is 11.9. The van der Waals surface area contributed by atoms with E-state index in [4.69, 9.17) is 20.8 Å². The number of amides is 1. The van der Waals surface area contributed by atoms with Gasteiger partial charge in [-0.05, 0) is 42.6 Å². The van der Waals surface area contributed by atoms with Crippen LogP contribution in [0.25, 0.3) is 0 Å². The molecule has 2 saturated heterocycles. The topological polar surface area (TPSA) is 58.0 Å². The second-order valence-corrected chi connectivity index (χ2v) is 6.60. The van der Waals surface area contributed by atoms with Gasteiger partial charge in [-0.15, -0.1) is 0 Å². The fraction of sp³-hybridized carbons (Fsp3) is 0.688. The molecule has 23 heavy (non-hydrogen) atoms. The molecule has 2 aliphatic heterocycles. The summed E-state index contributed by atoms with van der Waals surface area (Å²) in [6.07, 6.45) is 1.13. The van der Waals surface area contributed by atoms with Gasteiger partial charge >= 0.3 is 0 Å². The minimum Gasteiger partial charge on any atom is -0.440 e. The minimum absolute atomic E-state index is 0.191. The van der Waals surface area contributed by atoms with Crippen molar-refractivity contribution in [3.8, 4) is 0 Å². The molecule has 1 atom stereocenters. The summed E-state index contributed by atoms with van der Waals surface area (Å²) < 4.78 is 10.5. The second kappa shape index (κ2) is 8.15. The summed E-state index contributed by atoms with van der Waals surface area (Å²) in [7, 11) is 0. The Kier molecular flexibility index (Phi) is 5.94. The number of carbonyl (C=O) groups is 1. The van der Waals surface area contributed by atoms with Gasteiger partial charge in [0.1, 0.15) is 0 Å². The van der Waals surface area contributed by atoms with E-state index >= 15 is 0 Å². The molecule has 1 aromatic heterocycles. The molecule has 2 aliphatic rings. The van der Waals surface area contributed by atoms with Crippen LogP contribution in [0.3, 0.4) is 0 Å². The van der Waals surface area contributed by atoms with Crippen LogP contribution in [0.4, 0.5) is 0 Å². The van der Waals surface area contributed by atoms with Crippen LogP contribution in [0, 0.1) is 5.92 Å². The summed E-state index contributed by atoms with van der Waals surface area (Å²) in [5.41, 5.74) is 0. The number of furan rings is 1. The minimum atomic E-state index is -0.191. The molecular formula is C16H24ClN3O3. The number of nitrogens with zero attached hydrogens (tertiary/aromatic N) is 2. The lowest BCUT2D eigenvalue weighted by atomic mass is 10.1. The van der Waals surface area contributed by atoms with E-state index in [2.05, 4.69) is 15.1 Å². The van der Waals surface area contributed by atoms with Gasteiger partial charge in [0.05, 0.1) is 13.2 Å². The van der Waals surface area contributed by atoms with Crippen LogP contribution in [0.5, 0.6) is 0 Å². The highest BCUT2D eigenvalue weighted by Gasteiger charge is 2.24. The zero-order valence-corrected chi connectivity index (χ0v) is 14.1. The quantitative estimate of drug-likeness (QED) is 0.845. The highest BCUT2D eigenvalue weighted by atomic mass is 35.5. The molecule has 1 N–H and O–H groups in total. The van der Waals surface area contributed by atoms with Crippen molar-refractivity contribution in [2.24, 2.45) is 5.92 Å². The van der Waals surface area contributed by atoms with Gasteiger partial charge in [-0.3, -0.25) is 9.69 Å². The first-order valence-electron chi connectivity index (χ1n) is 8.27. The van der Waals surface area contributed by atoms with E-state index < -0.39 is 0 Å². The molecule has 1 aromatic rings. The second-order valence-electron chi connectivity index (χ2n) is 6.22. The van der Waals surface area contributed by atoms with Gasteiger partial charge in [0.2, 0.25) is 0 Å². The van der Waals surface area contributed by atoms with Crippen LogP contribution in [-0.4, -0.2) is 74.7 Å². The lowest BCUT2D eigenvalue weighted by molar-refractivity contribution is 0.0342. The molecule has 0 spiro atoms. The number of hydrogen-bond acceptors (Lipinski definition) is 5. The first kappa shape index (κ1) is 16.8. The Bertz CT molecular complexity index is 516. The van der Waals surface area contributed by atoms with Crippen LogP contribution < -0.4 is 5.32 Å². The highest BCUT2D eigenvalue weighted by Crippen LogP contribution is 2.16. The van der Waals surface area contributed by atoms with Gasteiger partial charge in [0.25, 0.3) is 5.91 Å².